The minimum Gasteiger partial charge on any atom is -0.490 e. The van der Waals surface area contributed by atoms with Crippen molar-refractivity contribution in [3.63, 3.8) is 0 Å². The number of methoxy groups -OCH3 is 1. The van der Waals surface area contributed by atoms with E-state index >= 15 is 0 Å². The molecule has 6 heteroatoms. The van der Waals surface area contributed by atoms with Gasteiger partial charge in [-0.3, -0.25) is 0 Å². The van der Waals surface area contributed by atoms with Crippen LogP contribution in [0, 0.1) is 5.92 Å². The molecule has 35 heavy (non-hydrogen) atoms. The fraction of sp³-hybridized carbons (Fsp3) is 0.276. The molecule has 0 bridgehead atoms. The molecule has 180 valence electrons. The van der Waals surface area contributed by atoms with E-state index in [1.54, 1.807) is 0 Å². The maximum Gasteiger partial charge on any atom is 0.339 e. The van der Waals surface area contributed by atoms with Gasteiger partial charge in [-0.15, -0.1) is 0 Å². The average Bonchev–Trinajstić information content (AvgIpc) is 3.38. The van der Waals surface area contributed by atoms with E-state index in [1.807, 2.05) is 49.4 Å². The Morgan fingerprint density at radius 3 is 2.66 bits per heavy atom. The first-order chi connectivity index (χ1) is 17.1. The molecule has 3 atom stereocenters. The topological polar surface area (TPSA) is 56.8 Å². The molecule has 0 amide bonds. The Labute approximate surface area is 210 Å². The molecule has 0 saturated carbocycles. The zero-order valence-electron chi connectivity index (χ0n) is 19.8. The molecule has 1 N–H and O–H groups in total. The summed E-state index contributed by atoms with van der Waals surface area (Å²) in [5.74, 6) is 1.63. The summed E-state index contributed by atoms with van der Waals surface area (Å²) in [5.41, 5.74) is 4.66. The summed E-state index contributed by atoms with van der Waals surface area (Å²) in [4.78, 5) is 12.5. The lowest BCUT2D eigenvalue weighted by molar-refractivity contribution is 0.0601. The van der Waals surface area contributed by atoms with Gasteiger partial charge in [-0.05, 0) is 66.3 Å². The number of benzene rings is 3. The highest BCUT2D eigenvalue weighted by Gasteiger charge is 2.39. The van der Waals surface area contributed by atoms with Gasteiger partial charge in [0.25, 0.3) is 0 Å². The number of hydrogen-bond acceptors (Lipinski definition) is 5. The lowest BCUT2D eigenvalue weighted by Gasteiger charge is -2.38. The highest BCUT2D eigenvalue weighted by Crippen LogP contribution is 2.51. The normalized spacial score (nSPS) is 19.9. The Hall–Kier alpha value is -3.44. The summed E-state index contributed by atoms with van der Waals surface area (Å²) >= 11 is 5.99. The Morgan fingerprint density at radius 2 is 1.89 bits per heavy atom. The lowest BCUT2D eigenvalue weighted by Crippen LogP contribution is -2.30. The number of carbonyl (C=O) groups excluding carboxylic acids is 1. The van der Waals surface area contributed by atoms with E-state index in [4.69, 9.17) is 25.8 Å². The van der Waals surface area contributed by atoms with Crippen LogP contribution in [0.5, 0.6) is 11.5 Å². The van der Waals surface area contributed by atoms with Gasteiger partial charge in [0.2, 0.25) is 0 Å². The van der Waals surface area contributed by atoms with E-state index in [0.29, 0.717) is 41.2 Å². The average molecular weight is 490 g/mol. The smallest absolute Gasteiger partial charge is 0.339 e. The minimum atomic E-state index is -0.338. The van der Waals surface area contributed by atoms with Gasteiger partial charge in [0.05, 0.1) is 31.0 Å². The molecule has 0 saturated heterocycles. The summed E-state index contributed by atoms with van der Waals surface area (Å²) in [7, 11) is 1.41. The van der Waals surface area contributed by atoms with Gasteiger partial charge in [-0.2, -0.15) is 0 Å². The van der Waals surface area contributed by atoms with Crippen LogP contribution < -0.4 is 14.8 Å². The first kappa shape index (κ1) is 23.3. The summed E-state index contributed by atoms with van der Waals surface area (Å²) in [5, 5.41) is 4.37. The number of allylic oxidation sites excluding steroid dienone is 2. The third kappa shape index (κ3) is 4.61. The monoisotopic (exact) mass is 489 g/mol. The molecular formula is C29H28ClNO4. The van der Waals surface area contributed by atoms with Gasteiger partial charge in [-0.25, -0.2) is 4.79 Å². The number of carbonyl (C=O) groups is 1. The molecule has 3 aromatic carbocycles. The first-order valence-electron chi connectivity index (χ1n) is 11.9. The number of esters is 1. The predicted octanol–water partition coefficient (Wildman–Crippen LogP) is 6.93. The van der Waals surface area contributed by atoms with Gasteiger partial charge in [-0.1, -0.05) is 54.1 Å². The van der Waals surface area contributed by atoms with E-state index in [9.17, 15) is 4.79 Å². The van der Waals surface area contributed by atoms with Crippen molar-refractivity contribution in [1.82, 2.24) is 0 Å². The van der Waals surface area contributed by atoms with Crippen LogP contribution in [-0.4, -0.2) is 19.7 Å². The zero-order valence-corrected chi connectivity index (χ0v) is 20.5. The zero-order chi connectivity index (χ0) is 24.4. The van der Waals surface area contributed by atoms with Crippen molar-refractivity contribution in [1.29, 1.82) is 0 Å². The van der Waals surface area contributed by atoms with Crippen molar-refractivity contribution >= 4 is 23.3 Å². The molecule has 0 spiro atoms. The van der Waals surface area contributed by atoms with Crippen LogP contribution in [0.2, 0.25) is 5.02 Å². The quantitative estimate of drug-likeness (QED) is 0.288. The van der Waals surface area contributed by atoms with Crippen molar-refractivity contribution in [2.75, 3.05) is 19.0 Å². The van der Waals surface area contributed by atoms with E-state index in [0.717, 1.165) is 28.8 Å². The highest BCUT2D eigenvalue weighted by molar-refractivity contribution is 6.30. The largest absolute Gasteiger partial charge is 0.490 e. The fourth-order valence-electron chi connectivity index (χ4n) is 5.08. The molecule has 3 aromatic rings. The number of nitrogens with one attached hydrogen (secondary N) is 1. The number of halogens is 1. The Morgan fingerprint density at radius 1 is 1.06 bits per heavy atom. The summed E-state index contributed by atoms with van der Waals surface area (Å²) < 4.78 is 17.1. The highest BCUT2D eigenvalue weighted by atomic mass is 35.5. The van der Waals surface area contributed by atoms with Crippen LogP contribution in [-0.2, 0) is 11.3 Å². The predicted molar refractivity (Wildman–Crippen MR) is 138 cm³/mol. The SMILES string of the molecule is CCOc1cc([C@@H]2Nc3c(C(=O)OC)cccc3[C@@H]3C=CC[C@@H]32)ccc1OCc1ccc(Cl)cc1. The number of fused-ring (bicyclic) bond motifs is 3. The Bertz CT molecular complexity index is 1250. The van der Waals surface area contributed by atoms with Crippen molar-refractivity contribution in [2.24, 2.45) is 5.92 Å². The molecule has 1 aliphatic heterocycles. The first-order valence-corrected chi connectivity index (χ1v) is 12.2. The van der Waals surface area contributed by atoms with Crippen LogP contribution in [0.4, 0.5) is 5.69 Å². The third-order valence-electron chi connectivity index (χ3n) is 6.74. The maximum absolute atomic E-state index is 12.5. The summed E-state index contributed by atoms with van der Waals surface area (Å²) in [6.45, 7) is 2.91. The van der Waals surface area contributed by atoms with Crippen molar-refractivity contribution in [2.45, 2.75) is 31.9 Å². The lowest BCUT2D eigenvalue weighted by atomic mass is 9.76. The van der Waals surface area contributed by atoms with Crippen LogP contribution in [0.1, 0.15) is 52.4 Å². The molecule has 2 aliphatic rings. The van der Waals surface area contributed by atoms with Gasteiger partial charge < -0.3 is 19.5 Å². The maximum atomic E-state index is 12.5. The molecule has 0 fully saturated rings. The second kappa shape index (κ2) is 10.0. The standard InChI is InChI=1S/C29H28ClNO4/c1-3-34-26-16-19(12-15-25(26)35-17-18-10-13-20(30)14-11-18)27-22-7-4-6-21(22)23-8-5-9-24(28(23)31-27)29(32)33-2/h4-6,8-16,21-22,27,31H,3,7,17H2,1-2H3/t21-,22+,27+/m1/s1. The molecule has 0 aromatic heterocycles. The fourth-order valence-corrected chi connectivity index (χ4v) is 5.20. The summed E-state index contributed by atoms with van der Waals surface area (Å²) in [6.07, 6.45) is 5.45. The van der Waals surface area contributed by atoms with Crippen LogP contribution in [0.3, 0.4) is 0 Å². The van der Waals surface area contributed by atoms with E-state index in [2.05, 4.69) is 35.7 Å². The van der Waals surface area contributed by atoms with Gasteiger partial charge in [0, 0.05) is 10.9 Å². The van der Waals surface area contributed by atoms with Crippen molar-refractivity contribution in [3.8, 4) is 11.5 Å². The van der Waals surface area contributed by atoms with Gasteiger partial charge in [0.1, 0.15) is 6.61 Å². The molecule has 1 aliphatic carbocycles. The van der Waals surface area contributed by atoms with E-state index in [-0.39, 0.29) is 17.9 Å². The molecule has 5 rings (SSSR count). The molecule has 0 unspecified atom stereocenters. The number of hydrogen-bond donors (Lipinski definition) is 1. The van der Waals surface area contributed by atoms with Crippen molar-refractivity contribution < 1.29 is 19.0 Å². The number of para-hydroxylation sites is 1. The van der Waals surface area contributed by atoms with E-state index in [1.165, 1.54) is 7.11 Å². The summed E-state index contributed by atoms with van der Waals surface area (Å²) in [6, 6.07) is 19.6. The number of ether oxygens (including phenoxy) is 3. The number of rotatable bonds is 7. The van der Waals surface area contributed by atoms with Gasteiger partial charge >= 0.3 is 5.97 Å². The molecular weight excluding hydrogens is 462 g/mol. The Balaban J connectivity index is 1.46. The molecule has 0 radical (unpaired) electrons. The van der Waals surface area contributed by atoms with Crippen LogP contribution in [0.25, 0.3) is 0 Å². The molecule has 5 nitrogen and oxygen atoms in total. The second-order valence-electron chi connectivity index (χ2n) is 8.79. The van der Waals surface area contributed by atoms with E-state index < -0.39 is 0 Å². The van der Waals surface area contributed by atoms with Crippen molar-refractivity contribution in [3.05, 3.63) is 100 Å². The second-order valence-corrected chi connectivity index (χ2v) is 9.23. The molecule has 1 heterocycles. The van der Waals surface area contributed by atoms with Crippen LogP contribution in [0.15, 0.2) is 72.8 Å². The van der Waals surface area contributed by atoms with Crippen LogP contribution >= 0.6 is 11.6 Å². The number of anilines is 1. The third-order valence-corrected chi connectivity index (χ3v) is 6.99. The van der Waals surface area contributed by atoms with Gasteiger partial charge in [0.15, 0.2) is 11.5 Å². The Kier molecular flexibility index (Phi) is 6.69. The minimum absolute atomic E-state index is 0.0119.